The Bertz CT molecular complexity index is 821. The number of halogens is 2. The molecule has 25 heavy (non-hydrogen) atoms. The summed E-state index contributed by atoms with van der Waals surface area (Å²) in [6.07, 6.45) is 3.93. The summed E-state index contributed by atoms with van der Waals surface area (Å²) in [4.78, 5) is 4.53. The van der Waals surface area contributed by atoms with Crippen molar-refractivity contribution in [1.82, 2.24) is 8.96 Å². The first kappa shape index (κ1) is 22.3. The van der Waals surface area contributed by atoms with Crippen LogP contribution in [0.1, 0.15) is 33.3 Å². The number of rotatable bonds is 3. The predicted molar refractivity (Wildman–Crippen MR) is 124 cm³/mol. The van der Waals surface area contributed by atoms with Crippen LogP contribution in [0.4, 0.5) is 0 Å². The summed E-state index contributed by atoms with van der Waals surface area (Å²) in [6, 6.07) is 8.32. The highest BCUT2D eigenvalue weighted by atomic mass is 127. The van der Waals surface area contributed by atoms with Crippen LogP contribution < -0.4 is 4.74 Å². The number of nitrogens with zero attached hydrogens (tertiary/aromatic N) is 2. The van der Waals surface area contributed by atoms with E-state index in [0.717, 1.165) is 32.4 Å². The van der Waals surface area contributed by atoms with Crippen molar-refractivity contribution in [3.63, 3.8) is 0 Å². The average molecular weight is 535 g/mol. The fourth-order valence-corrected chi connectivity index (χ4v) is 3.94. The van der Waals surface area contributed by atoms with Gasteiger partial charge in [-0.25, -0.2) is 4.98 Å². The molecule has 3 nitrogen and oxygen atoms in total. The molecular formula is C19H24BrIN2OS. The molecule has 0 N–H and O–H groups in total. The molecule has 2 heterocycles. The molecule has 0 aliphatic carbocycles. The summed E-state index contributed by atoms with van der Waals surface area (Å²) < 4.78 is 8.57. The minimum atomic E-state index is 0.873. The van der Waals surface area contributed by atoms with Gasteiger partial charge < -0.3 is 4.74 Å². The second kappa shape index (κ2) is 11.1. The van der Waals surface area contributed by atoms with E-state index in [-0.39, 0.29) is 0 Å². The van der Waals surface area contributed by atoms with Crippen molar-refractivity contribution in [2.75, 3.05) is 7.11 Å². The lowest BCUT2D eigenvalue weighted by Crippen LogP contribution is -1.88. The smallest absolute Gasteiger partial charge is 0.151 e. The number of hydrogen-bond donors (Lipinski definition) is 0. The molecule has 0 spiro atoms. The van der Waals surface area contributed by atoms with Gasteiger partial charge in [-0.3, -0.25) is 3.97 Å². The molecule has 136 valence electrons. The molecule has 2 aromatic heterocycles. The van der Waals surface area contributed by atoms with Gasteiger partial charge in [-0.05, 0) is 41.1 Å². The fraction of sp³-hybridized carbons (Fsp3) is 0.316. The van der Waals surface area contributed by atoms with Gasteiger partial charge in [-0.2, -0.15) is 0 Å². The minimum Gasteiger partial charge on any atom is -0.496 e. The highest BCUT2D eigenvalue weighted by molar-refractivity contribution is 14.2. The van der Waals surface area contributed by atoms with Gasteiger partial charge >= 0.3 is 0 Å². The van der Waals surface area contributed by atoms with Crippen molar-refractivity contribution >= 4 is 57.3 Å². The molecule has 0 atom stereocenters. The van der Waals surface area contributed by atoms with Gasteiger partial charge in [-0.1, -0.05) is 39.3 Å². The Kier molecular flexibility index (Phi) is 9.89. The van der Waals surface area contributed by atoms with Crippen LogP contribution in [-0.4, -0.2) is 16.1 Å². The predicted octanol–water partition coefficient (Wildman–Crippen LogP) is 7.68. The van der Waals surface area contributed by atoms with Gasteiger partial charge in [0.05, 0.1) is 7.11 Å². The molecule has 0 amide bonds. The lowest BCUT2D eigenvalue weighted by molar-refractivity contribution is 0.416. The van der Waals surface area contributed by atoms with E-state index in [1.807, 2.05) is 40.0 Å². The molecular weight excluding hydrogens is 511 g/mol. The number of fused-ring (bicyclic) bond motifs is 1. The summed E-state index contributed by atoms with van der Waals surface area (Å²) in [5.74, 6) is 0.873. The molecule has 0 saturated heterocycles. The topological polar surface area (TPSA) is 27.1 Å². The third kappa shape index (κ3) is 5.14. The van der Waals surface area contributed by atoms with Crippen LogP contribution >= 0.6 is 46.3 Å². The van der Waals surface area contributed by atoms with Crippen molar-refractivity contribution in [2.45, 2.75) is 34.6 Å². The van der Waals surface area contributed by atoms with Crippen LogP contribution in [0.25, 0.3) is 22.2 Å². The number of aryl methyl sites for hydroxylation is 1. The zero-order valence-corrected chi connectivity index (χ0v) is 20.0. The Morgan fingerprint density at radius 2 is 1.80 bits per heavy atom. The first-order valence-corrected chi connectivity index (χ1v) is 12.4. The zero-order valence-electron chi connectivity index (χ0n) is 15.4. The maximum atomic E-state index is 5.53. The Labute approximate surface area is 175 Å². The Morgan fingerprint density at radius 1 is 1.12 bits per heavy atom. The van der Waals surface area contributed by atoms with E-state index in [9.17, 15) is 0 Å². The largest absolute Gasteiger partial charge is 0.496 e. The number of methoxy groups -OCH3 is 1. The van der Waals surface area contributed by atoms with Crippen LogP contribution in [-0.2, 0) is 0 Å². The molecule has 1 aromatic carbocycles. The van der Waals surface area contributed by atoms with E-state index in [4.69, 9.17) is 4.74 Å². The molecule has 0 bridgehead atoms. The quantitative estimate of drug-likeness (QED) is 0.322. The van der Waals surface area contributed by atoms with Crippen molar-refractivity contribution in [1.29, 1.82) is 0 Å². The number of benzene rings is 1. The van der Waals surface area contributed by atoms with Crippen LogP contribution in [0, 0.1) is 6.92 Å². The first-order valence-electron chi connectivity index (χ1n) is 8.24. The standard InChI is InChI=1S/C15H12BrIN2OS.2C2H6/c1-9-3-4-14(20-2)11(5-9)13-8-19(21-17)15-12(13)6-10(16)7-18-15;2*1-2/h3-8H,1-2H3;2*1-2H3. The Balaban J connectivity index is 0.000000730. The van der Waals surface area contributed by atoms with Gasteiger partial charge in [0, 0.05) is 63.7 Å². The lowest BCUT2D eigenvalue weighted by Gasteiger charge is -2.08. The van der Waals surface area contributed by atoms with E-state index < -0.39 is 0 Å². The van der Waals surface area contributed by atoms with Crippen LogP contribution in [0.2, 0.25) is 0 Å². The lowest BCUT2D eigenvalue weighted by atomic mass is 10.0. The van der Waals surface area contributed by atoms with E-state index in [2.05, 4.69) is 77.4 Å². The van der Waals surface area contributed by atoms with Crippen LogP contribution in [0.3, 0.4) is 0 Å². The maximum absolute atomic E-state index is 5.53. The number of ether oxygens (including phenoxy) is 1. The summed E-state index contributed by atoms with van der Waals surface area (Å²) in [5, 5.41) is 1.11. The van der Waals surface area contributed by atoms with Crippen LogP contribution in [0.5, 0.6) is 5.75 Å². The average Bonchev–Trinajstić information content (AvgIpc) is 3.02. The van der Waals surface area contributed by atoms with Crippen molar-refractivity contribution in [3.8, 4) is 16.9 Å². The summed E-state index contributed by atoms with van der Waals surface area (Å²) in [7, 11) is 3.31. The molecule has 0 fully saturated rings. The fourth-order valence-electron chi connectivity index (χ4n) is 2.35. The van der Waals surface area contributed by atoms with E-state index in [1.54, 1.807) is 16.2 Å². The Morgan fingerprint density at radius 3 is 2.40 bits per heavy atom. The molecule has 3 rings (SSSR count). The molecule has 0 radical (unpaired) electrons. The van der Waals surface area contributed by atoms with E-state index in [0.29, 0.717) is 0 Å². The number of pyridine rings is 1. The van der Waals surface area contributed by atoms with Crippen LogP contribution in [0.15, 0.2) is 41.1 Å². The normalized spacial score (nSPS) is 9.76. The second-order valence-electron chi connectivity index (χ2n) is 4.67. The van der Waals surface area contributed by atoms with E-state index >= 15 is 0 Å². The molecule has 0 saturated carbocycles. The van der Waals surface area contributed by atoms with Crippen molar-refractivity contribution in [2.24, 2.45) is 0 Å². The third-order valence-corrected chi connectivity index (χ3v) is 5.43. The van der Waals surface area contributed by atoms with Gasteiger partial charge in [0.15, 0.2) is 5.65 Å². The number of aromatic nitrogens is 2. The zero-order chi connectivity index (χ0) is 19.0. The van der Waals surface area contributed by atoms with Gasteiger partial charge in [-0.15, -0.1) is 0 Å². The first-order chi connectivity index (χ1) is 12.1. The third-order valence-electron chi connectivity index (χ3n) is 3.30. The van der Waals surface area contributed by atoms with Gasteiger partial charge in [0.1, 0.15) is 5.75 Å². The second-order valence-corrected chi connectivity index (χ2v) is 7.29. The van der Waals surface area contributed by atoms with Crippen molar-refractivity contribution < 1.29 is 4.74 Å². The molecule has 0 aliphatic rings. The van der Waals surface area contributed by atoms with Gasteiger partial charge in [0.25, 0.3) is 0 Å². The minimum absolute atomic E-state index is 0.873. The molecule has 3 aromatic rings. The summed E-state index contributed by atoms with van der Waals surface area (Å²) in [6.45, 7) is 10.1. The summed E-state index contributed by atoms with van der Waals surface area (Å²) in [5.41, 5.74) is 4.38. The molecule has 6 heteroatoms. The monoisotopic (exact) mass is 534 g/mol. The highest BCUT2D eigenvalue weighted by Crippen LogP contribution is 2.39. The number of hydrogen-bond acceptors (Lipinski definition) is 3. The Hall–Kier alpha value is -0.730. The van der Waals surface area contributed by atoms with E-state index in [1.165, 1.54) is 5.56 Å². The molecule has 0 aliphatic heterocycles. The maximum Gasteiger partial charge on any atom is 0.151 e. The molecule has 0 unspecified atom stereocenters. The summed E-state index contributed by atoms with van der Waals surface area (Å²) >= 11 is 5.77. The van der Waals surface area contributed by atoms with Gasteiger partial charge in [0.2, 0.25) is 0 Å². The highest BCUT2D eigenvalue weighted by Gasteiger charge is 2.15. The SMILES string of the molecule is CC.CC.COc1ccc(C)cc1-c1cn(SI)c2ncc(Br)cc12. The van der Waals surface area contributed by atoms with Crippen molar-refractivity contribution in [3.05, 3.63) is 46.7 Å².